The zero-order chi connectivity index (χ0) is 63.1. The lowest BCUT2D eigenvalue weighted by Crippen LogP contribution is -2.00. The molecule has 470 valence electrons. The van der Waals surface area contributed by atoms with Crippen LogP contribution in [0.15, 0.2) is 183 Å². The normalized spacial score (nSPS) is 11.2. The monoisotopic (exact) mass is 1220 g/mol. The topological polar surface area (TPSA) is 342 Å². The van der Waals surface area contributed by atoms with Crippen LogP contribution in [0.2, 0.25) is 0 Å². The molecule has 0 spiro atoms. The minimum atomic E-state index is 0.469. The Balaban J connectivity index is 0.000000144. The highest BCUT2D eigenvalue weighted by atomic mass is 15.4. The highest BCUT2D eigenvalue weighted by Crippen LogP contribution is 2.13. The Morgan fingerprint density at radius 3 is 1.22 bits per heavy atom. The van der Waals surface area contributed by atoms with Crippen molar-refractivity contribution in [2.45, 2.75) is 123 Å². The van der Waals surface area contributed by atoms with Crippen LogP contribution in [0, 0.1) is 0 Å². The summed E-state index contributed by atoms with van der Waals surface area (Å²) in [6, 6.07) is 41.3. The van der Waals surface area contributed by atoms with E-state index >= 15 is 0 Å². The van der Waals surface area contributed by atoms with E-state index in [0.29, 0.717) is 23.8 Å². The molecule has 0 saturated heterocycles. The summed E-state index contributed by atoms with van der Waals surface area (Å²) in [7, 11) is 0. The Labute approximate surface area is 529 Å². The number of benzene rings is 4. The molecular formula is C67H82N24. The highest BCUT2D eigenvalue weighted by Gasteiger charge is 2.08. The minimum absolute atomic E-state index is 0.469. The van der Waals surface area contributed by atoms with Crippen LogP contribution in [0.5, 0.6) is 0 Å². The van der Waals surface area contributed by atoms with E-state index in [-0.39, 0.29) is 0 Å². The van der Waals surface area contributed by atoms with E-state index in [0.717, 1.165) is 162 Å². The number of hydrogen-bond donors (Lipinski definition) is 8. The van der Waals surface area contributed by atoms with E-state index in [4.69, 9.17) is 22.9 Å². The number of aromatic amines is 4. The standard InChI is InChI=1S/C18H22N6.C17H22N6.C17H20N6.C15H18N6/c1-14(10-15-6-3-2-4-7-15)12-24-13-17(22-23-24)9-5-8-16-11-20-18(19)21-16;2*18-17-19-12-15(20-17)9-4-10-16-13-23(22-21-16)11-5-8-14-6-2-1-3-7-14;16-15-17-9-13(18-15)7-4-8-14-11-21(20-19-14)10-12-5-2-1-3-6-12/h2-4,6-7,10-11,13H,5,8-9,12H2,1H3,(H3,19,20,21);1-3,6-7,12-13H,4-5,8-11H2,(H3,18,19,20);1-3,5-8,12-13H,4,9-11H2,(H3,18,19,20);1-3,5-6,9,11H,4,7-8,10H2,(H3,16,17,18)/b14-10+;;8-5+;. The molecule has 91 heavy (non-hydrogen) atoms. The number of imidazole rings is 4. The second kappa shape index (κ2) is 35.1. The number of aryl methyl sites for hydroxylation is 10. The van der Waals surface area contributed by atoms with Gasteiger partial charge in [-0.25, -0.2) is 34.0 Å². The molecule has 0 unspecified atom stereocenters. The average Bonchev–Trinajstić information content (AvgIpc) is 4.65. The van der Waals surface area contributed by atoms with E-state index in [1.54, 1.807) is 24.8 Å². The number of nitrogens with two attached hydrogens (primary N) is 4. The minimum Gasteiger partial charge on any atom is -0.369 e. The lowest BCUT2D eigenvalue weighted by molar-refractivity contribution is 0.558. The van der Waals surface area contributed by atoms with Gasteiger partial charge in [-0.2, -0.15) is 0 Å². The molecule has 0 saturated carbocycles. The average molecular weight is 1220 g/mol. The predicted molar refractivity (Wildman–Crippen MR) is 356 cm³/mol. The number of anilines is 4. The quantitative estimate of drug-likeness (QED) is 0.0226. The van der Waals surface area contributed by atoms with Crippen molar-refractivity contribution in [3.8, 4) is 0 Å². The van der Waals surface area contributed by atoms with Gasteiger partial charge in [0.25, 0.3) is 0 Å². The second-order valence-corrected chi connectivity index (χ2v) is 22.1. The van der Waals surface area contributed by atoms with E-state index in [9.17, 15) is 0 Å². The maximum absolute atomic E-state index is 5.57. The van der Waals surface area contributed by atoms with E-state index < -0.39 is 0 Å². The molecule has 0 aliphatic rings. The van der Waals surface area contributed by atoms with Crippen LogP contribution < -0.4 is 22.9 Å². The van der Waals surface area contributed by atoms with Crippen molar-refractivity contribution in [1.29, 1.82) is 0 Å². The Morgan fingerprint density at radius 1 is 0.396 bits per heavy atom. The maximum Gasteiger partial charge on any atom is 0.197 e. The molecule has 0 aliphatic heterocycles. The van der Waals surface area contributed by atoms with Gasteiger partial charge in [-0.1, -0.05) is 166 Å². The SMILES string of the molecule is C/C(=C\c1ccccc1)Cn1cc(CCCc2cnc(N)[nH]2)nn1.Nc1ncc(CCCc2cn(C/C=C/c3ccccc3)nn2)[nH]1.Nc1ncc(CCCc2cn(CCCc3ccccc3)nn2)[nH]1.Nc1ncc(CCCc2cn(Cc3ccccc3)nn2)[nH]1. The molecule has 0 atom stereocenters. The number of aromatic nitrogens is 20. The number of hydrogen-bond acceptors (Lipinski definition) is 16. The summed E-state index contributed by atoms with van der Waals surface area (Å²) in [5.41, 5.74) is 36.8. The molecule has 8 heterocycles. The fourth-order valence-corrected chi connectivity index (χ4v) is 9.88. The van der Waals surface area contributed by atoms with E-state index in [2.05, 4.69) is 167 Å². The molecule has 12 N–H and O–H groups in total. The second-order valence-electron chi connectivity index (χ2n) is 22.1. The van der Waals surface area contributed by atoms with Crippen molar-refractivity contribution >= 4 is 35.9 Å². The number of nitrogen functional groups attached to an aromatic ring is 4. The van der Waals surface area contributed by atoms with Gasteiger partial charge in [0.15, 0.2) is 23.8 Å². The molecule has 24 nitrogen and oxygen atoms in total. The third kappa shape index (κ3) is 23.5. The molecule has 0 radical (unpaired) electrons. The largest absolute Gasteiger partial charge is 0.369 e. The van der Waals surface area contributed by atoms with Crippen LogP contribution in [0.4, 0.5) is 23.8 Å². The van der Waals surface area contributed by atoms with Crippen LogP contribution in [0.25, 0.3) is 12.2 Å². The van der Waals surface area contributed by atoms with Crippen LogP contribution in [0.3, 0.4) is 0 Å². The van der Waals surface area contributed by atoms with Gasteiger partial charge in [0.2, 0.25) is 0 Å². The van der Waals surface area contributed by atoms with Crippen LogP contribution >= 0.6 is 0 Å². The Morgan fingerprint density at radius 2 is 0.769 bits per heavy atom. The summed E-state index contributed by atoms with van der Waals surface area (Å²) in [5.74, 6) is 1.89. The summed E-state index contributed by atoms with van der Waals surface area (Å²) in [4.78, 5) is 28.1. The molecule has 0 amide bonds. The number of nitrogens with zero attached hydrogens (tertiary/aromatic N) is 16. The van der Waals surface area contributed by atoms with Gasteiger partial charge in [0, 0.05) is 54.1 Å². The Bertz CT molecular complexity index is 3990. The van der Waals surface area contributed by atoms with Crippen molar-refractivity contribution in [3.05, 3.63) is 250 Å². The fourth-order valence-electron chi connectivity index (χ4n) is 9.88. The number of H-pyrrole nitrogens is 4. The van der Waals surface area contributed by atoms with E-state index in [1.165, 1.54) is 27.8 Å². The molecule has 8 aromatic heterocycles. The zero-order valence-corrected chi connectivity index (χ0v) is 51.6. The molecule has 0 bridgehead atoms. The van der Waals surface area contributed by atoms with Gasteiger partial charge in [-0.15, -0.1) is 20.4 Å². The Hall–Kier alpha value is -11.0. The Kier molecular flexibility index (Phi) is 24.8. The van der Waals surface area contributed by atoms with Crippen LogP contribution in [-0.4, -0.2) is 99.8 Å². The first-order chi connectivity index (χ1) is 44.6. The van der Waals surface area contributed by atoms with Crippen molar-refractivity contribution in [3.63, 3.8) is 0 Å². The zero-order valence-electron chi connectivity index (χ0n) is 51.6. The third-order valence-corrected chi connectivity index (χ3v) is 14.4. The molecule has 4 aromatic carbocycles. The fraction of sp³-hybridized carbons (Fsp3) is 0.284. The number of allylic oxidation sites excluding steroid dienone is 2. The molecule has 0 aliphatic carbocycles. The summed E-state index contributed by atoms with van der Waals surface area (Å²) < 4.78 is 7.55. The third-order valence-electron chi connectivity index (χ3n) is 14.4. The molecule has 24 heteroatoms. The number of rotatable bonds is 28. The molecular weight excluding hydrogens is 1140 g/mol. The first-order valence-corrected chi connectivity index (χ1v) is 30.8. The van der Waals surface area contributed by atoms with Gasteiger partial charge < -0.3 is 42.9 Å². The van der Waals surface area contributed by atoms with Crippen LogP contribution in [0.1, 0.15) is 107 Å². The molecule has 12 aromatic rings. The van der Waals surface area contributed by atoms with Gasteiger partial charge in [-0.3, -0.25) is 4.68 Å². The first-order valence-electron chi connectivity index (χ1n) is 30.8. The number of nitrogens with one attached hydrogen (secondary N) is 4. The summed E-state index contributed by atoms with van der Waals surface area (Å²) >= 11 is 0. The lowest BCUT2D eigenvalue weighted by Gasteiger charge is -2.01. The van der Waals surface area contributed by atoms with E-state index in [1.807, 2.05) is 104 Å². The first kappa shape index (κ1) is 64.4. The maximum atomic E-state index is 5.57. The highest BCUT2D eigenvalue weighted by molar-refractivity contribution is 5.52. The lowest BCUT2D eigenvalue weighted by atomic mass is 10.1. The summed E-state index contributed by atoms with van der Waals surface area (Å²) in [6.07, 6.45) is 34.9. The van der Waals surface area contributed by atoms with Crippen molar-refractivity contribution in [1.82, 2.24) is 99.8 Å². The van der Waals surface area contributed by atoms with Crippen molar-refractivity contribution in [2.75, 3.05) is 22.9 Å². The van der Waals surface area contributed by atoms with Crippen molar-refractivity contribution < 1.29 is 0 Å². The summed E-state index contributed by atoms with van der Waals surface area (Å²) in [5, 5.41) is 33.6. The van der Waals surface area contributed by atoms with Gasteiger partial charge in [-0.05, 0) is 119 Å². The van der Waals surface area contributed by atoms with Crippen LogP contribution in [-0.2, 0) is 84.0 Å². The summed E-state index contributed by atoms with van der Waals surface area (Å²) in [6.45, 7) is 5.23. The smallest absolute Gasteiger partial charge is 0.197 e. The van der Waals surface area contributed by atoms with Crippen molar-refractivity contribution in [2.24, 2.45) is 0 Å². The molecule has 0 fully saturated rings. The molecule has 12 rings (SSSR count). The predicted octanol–water partition coefficient (Wildman–Crippen LogP) is 9.53. The van der Waals surface area contributed by atoms with Gasteiger partial charge >= 0.3 is 0 Å². The van der Waals surface area contributed by atoms with Gasteiger partial charge in [0.1, 0.15) is 0 Å². The van der Waals surface area contributed by atoms with Gasteiger partial charge in [0.05, 0.1) is 67.2 Å².